The molecule has 4 nitrogen and oxygen atoms in total. The van der Waals surface area contributed by atoms with E-state index in [9.17, 15) is 0 Å². The Morgan fingerprint density at radius 2 is 2.20 bits per heavy atom. The molecule has 1 N–H and O–H groups in total. The summed E-state index contributed by atoms with van der Waals surface area (Å²) in [6.45, 7) is 6.38. The number of hydrogen-bond acceptors (Lipinski definition) is 3. The number of ether oxygens (including phenoxy) is 1. The van der Waals surface area contributed by atoms with E-state index in [0.29, 0.717) is 6.61 Å². The zero-order chi connectivity index (χ0) is 14.5. The van der Waals surface area contributed by atoms with Gasteiger partial charge >= 0.3 is 0 Å². The quantitative estimate of drug-likeness (QED) is 0.879. The summed E-state index contributed by atoms with van der Waals surface area (Å²) >= 11 is 3.54. The van der Waals surface area contributed by atoms with E-state index in [1.54, 1.807) is 4.68 Å². The van der Waals surface area contributed by atoms with Crippen molar-refractivity contribution in [2.75, 3.05) is 6.54 Å². The first-order chi connectivity index (χ1) is 9.60. The Morgan fingerprint density at radius 3 is 2.85 bits per heavy atom. The van der Waals surface area contributed by atoms with Crippen LogP contribution in [0.2, 0.25) is 0 Å². The van der Waals surface area contributed by atoms with Gasteiger partial charge in [-0.15, -0.1) is 0 Å². The standard InChI is InChI=1S/C15H20BrN3O/c1-4-17-9-12-8-13(16)7-11(2)15(12)20-10-14-5-6-19(3)18-14/h5-8,17H,4,9-10H2,1-3H3. The summed E-state index contributed by atoms with van der Waals surface area (Å²) in [4.78, 5) is 0. The maximum absolute atomic E-state index is 5.98. The van der Waals surface area contributed by atoms with Crippen molar-refractivity contribution in [3.05, 3.63) is 45.7 Å². The van der Waals surface area contributed by atoms with Gasteiger partial charge in [-0.3, -0.25) is 4.68 Å². The first-order valence-electron chi connectivity index (χ1n) is 6.71. The zero-order valence-corrected chi connectivity index (χ0v) is 13.7. The molecule has 1 heterocycles. The van der Waals surface area contributed by atoms with E-state index in [4.69, 9.17) is 4.74 Å². The second kappa shape index (κ2) is 6.90. The maximum Gasteiger partial charge on any atom is 0.132 e. The van der Waals surface area contributed by atoms with Crippen LogP contribution < -0.4 is 10.1 Å². The van der Waals surface area contributed by atoms with Crippen LogP contribution in [-0.4, -0.2) is 16.3 Å². The molecule has 108 valence electrons. The lowest BCUT2D eigenvalue weighted by atomic mass is 10.1. The van der Waals surface area contributed by atoms with Crippen molar-refractivity contribution >= 4 is 15.9 Å². The molecular formula is C15H20BrN3O. The van der Waals surface area contributed by atoms with Crippen LogP contribution in [-0.2, 0) is 20.2 Å². The number of halogens is 1. The van der Waals surface area contributed by atoms with Crippen LogP contribution in [0.3, 0.4) is 0 Å². The molecule has 0 spiro atoms. The van der Waals surface area contributed by atoms with Gasteiger partial charge in [0.05, 0.1) is 5.69 Å². The van der Waals surface area contributed by atoms with Gasteiger partial charge in [0, 0.05) is 29.8 Å². The molecule has 0 bridgehead atoms. The molecular weight excluding hydrogens is 318 g/mol. The second-order valence-electron chi connectivity index (χ2n) is 4.76. The first-order valence-corrected chi connectivity index (χ1v) is 7.50. The van der Waals surface area contributed by atoms with Gasteiger partial charge < -0.3 is 10.1 Å². The second-order valence-corrected chi connectivity index (χ2v) is 5.68. The highest BCUT2D eigenvalue weighted by atomic mass is 79.9. The average molecular weight is 338 g/mol. The van der Waals surface area contributed by atoms with Crippen molar-refractivity contribution in [3.8, 4) is 5.75 Å². The monoisotopic (exact) mass is 337 g/mol. The summed E-state index contributed by atoms with van der Waals surface area (Å²) in [5, 5.41) is 7.67. The van der Waals surface area contributed by atoms with E-state index in [0.717, 1.165) is 40.1 Å². The number of nitrogens with one attached hydrogen (secondary N) is 1. The van der Waals surface area contributed by atoms with Gasteiger partial charge in [0.15, 0.2) is 0 Å². The van der Waals surface area contributed by atoms with E-state index < -0.39 is 0 Å². The Bertz CT molecular complexity index is 580. The van der Waals surface area contributed by atoms with Gasteiger partial charge in [-0.2, -0.15) is 5.10 Å². The summed E-state index contributed by atoms with van der Waals surface area (Å²) in [6, 6.07) is 6.14. The van der Waals surface area contributed by atoms with Crippen LogP contribution in [0.5, 0.6) is 5.75 Å². The lowest BCUT2D eigenvalue weighted by molar-refractivity contribution is 0.294. The summed E-state index contributed by atoms with van der Waals surface area (Å²) in [5.41, 5.74) is 3.22. The molecule has 0 aliphatic rings. The molecule has 0 aliphatic carbocycles. The molecule has 0 fully saturated rings. The summed E-state index contributed by atoms with van der Waals surface area (Å²) < 4.78 is 8.84. The Morgan fingerprint density at radius 1 is 1.40 bits per heavy atom. The fourth-order valence-electron chi connectivity index (χ4n) is 2.08. The third-order valence-corrected chi connectivity index (χ3v) is 3.47. The Hall–Kier alpha value is -1.33. The number of nitrogens with zero attached hydrogens (tertiary/aromatic N) is 2. The lowest BCUT2D eigenvalue weighted by Crippen LogP contribution is -2.13. The van der Waals surface area contributed by atoms with E-state index in [1.165, 1.54) is 0 Å². The minimum atomic E-state index is 0.489. The molecule has 0 radical (unpaired) electrons. The molecule has 20 heavy (non-hydrogen) atoms. The molecule has 0 amide bonds. The van der Waals surface area contributed by atoms with E-state index in [2.05, 4.69) is 52.3 Å². The predicted octanol–water partition coefficient (Wildman–Crippen LogP) is 3.18. The summed E-state index contributed by atoms with van der Waals surface area (Å²) in [5.74, 6) is 0.944. The number of benzene rings is 1. The Kier molecular flexibility index (Phi) is 5.20. The molecule has 0 unspecified atom stereocenters. The van der Waals surface area contributed by atoms with E-state index in [-0.39, 0.29) is 0 Å². The van der Waals surface area contributed by atoms with Gasteiger partial charge in [0.1, 0.15) is 12.4 Å². The first kappa shape index (κ1) is 15.1. The smallest absolute Gasteiger partial charge is 0.132 e. The number of aromatic nitrogens is 2. The van der Waals surface area contributed by atoms with E-state index >= 15 is 0 Å². The van der Waals surface area contributed by atoms with Gasteiger partial charge in [-0.25, -0.2) is 0 Å². The zero-order valence-electron chi connectivity index (χ0n) is 12.1. The highest BCUT2D eigenvalue weighted by Crippen LogP contribution is 2.28. The molecule has 1 aromatic carbocycles. The van der Waals surface area contributed by atoms with Crippen LogP contribution in [0.1, 0.15) is 23.7 Å². The highest BCUT2D eigenvalue weighted by molar-refractivity contribution is 9.10. The third kappa shape index (κ3) is 3.84. The highest BCUT2D eigenvalue weighted by Gasteiger charge is 2.10. The Labute approximate surface area is 128 Å². The van der Waals surface area contributed by atoms with Gasteiger partial charge in [0.25, 0.3) is 0 Å². The van der Waals surface area contributed by atoms with Crippen molar-refractivity contribution in [3.63, 3.8) is 0 Å². The van der Waals surface area contributed by atoms with Gasteiger partial charge in [-0.1, -0.05) is 22.9 Å². The fraction of sp³-hybridized carbons (Fsp3) is 0.400. The van der Waals surface area contributed by atoms with Crippen LogP contribution in [0.25, 0.3) is 0 Å². The molecule has 2 rings (SSSR count). The van der Waals surface area contributed by atoms with Crippen LogP contribution in [0, 0.1) is 6.92 Å². The number of aryl methyl sites for hydroxylation is 2. The molecule has 0 atom stereocenters. The number of hydrogen-bond donors (Lipinski definition) is 1. The number of rotatable bonds is 6. The van der Waals surface area contributed by atoms with Crippen molar-refractivity contribution < 1.29 is 4.74 Å². The van der Waals surface area contributed by atoms with Gasteiger partial charge in [0.2, 0.25) is 0 Å². The third-order valence-electron chi connectivity index (χ3n) is 3.02. The van der Waals surface area contributed by atoms with Crippen LogP contribution in [0.4, 0.5) is 0 Å². The van der Waals surface area contributed by atoms with Crippen LogP contribution >= 0.6 is 15.9 Å². The minimum Gasteiger partial charge on any atom is -0.487 e. The molecule has 0 saturated heterocycles. The Balaban J connectivity index is 2.16. The van der Waals surface area contributed by atoms with Crippen molar-refractivity contribution in [1.82, 2.24) is 15.1 Å². The fourth-order valence-corrected chi connectivity index (χ4v) is 2.70. The molecule has 2 aromatic rings. The predicted molar refractivity (Wildman–Crippen MR) is 83.8 cm³/mol. The average Bonchev–Trinajstić information content (AvgIpc) is 2.80. The van der Waals surface area contributed by atoms with Crippen LogP contribution in [0.15, 0.2) is 28.9 Å². The molecule has 1 aromatic heterocycles. The summed E-state index contributed by atoms with van der Waals surface area (Å²) in [7, 11) is 1.91. The topological polar surface area (TPSA) is 39.1 Å². The minimum absolute atomic E-state index is 0.489. The van der Waals surface area contributed by atoms with Crippen molar-refractivity contribution in [1.29, 1.82) is 0 Å². The SMILES string of the molecule is CCNCc1cc(Br)cc(C)c1OCc1ccn(C)n1. The normalized spacial score (nSPS) is 10.8. The van der Waals surface area contributed by atoms with Gasteiger partial charge in [-0.05, 0) is 37.2 Å². The molecule has 0 saturated carbocycles. The molecule has 0 aliphatic heterocycles. The van der Waals surface area contributed by atoms with Crippen molar-refractivity contribution in [2.24, 2.45) is 7.05 Å². The van der Waals surface area contributed by atoms with Crippen molar-refractivity contribution in [2.45, 2.75) is 27.0 Å². The molecule has 5 heteroatoms. The lowest BCUT2D eigenvalue weighted by Gasteiger charge is -2.14. The maximum atomic E-state index is 5.98. The largest absolute Gasteiger partial charge is 0.487 e. The van der Waals surface area contributed by atoms with E-state index in [1.807, 2.05) is 19.3 Å². The summed E-state index contributed by atoms with van der Waals surface area (Å²) in [6.07, 6.45) is 1.92.